The third-order valence-corrected chi connectivity index (χ3v) is 6.87. The minimum Gasteiger partial charge on any atom is -0.0654 e. The molecule has 0 spiro atoms. The average Bonchev–Trinajstić information content (AvgIpc) is 2.67. The molecule has 0 aromatic carbocycles. The predicted octanol–water partition coefficient (Wildman–Crippen LogP) is 10.3. The van der Waals surface area contributed by atoms with Gasteiger partial charge in [-0.15, -0.1) is 0 Å². The quantitative estimate of drug-likeness (QED) is 0.174. The van der Waals surface area contributed by atoms with E-state index in [4.69, 9.17) is 0 Å². The third-order valence-electron chi connectivity index (χ3n) is 6.87. The normalized spacial score (nSPS) is 15.0. The van der Waals surface area contributed by atoms with Gasteiger partial charge in [0.15, 0.2) is 0 Å². The lowest BCUT2D eigenvalue weighted by Crippen LogP contribution is -2.14. The van der Waals surface area contributed by atoms with Gasteiger partial charge in [-0.2, -0.15) is 0 Å². The molecule has 0 aliphatic rings. The van der Waals surface area contributed by atoms with Gasteiger partial charge < -0.3 is 0 Å². The number of unbranched alkanes of at least 4 members (excludes halogenated alkanes) is 12. The third kappa shape index (κ3) is 17.8. The molecular weight excluding hydrogens is 324 g/mol. The molecule has 164 valence electrons. The molecule has 0 aliphatic carbocycles. The van der Waals surface area contributed by atoms with Gasteiger partial charge in [-0.1, -0.05) is 150 Å². The summed E-state index contributed by atoms with van der Waals surface area (Å²) in [6, 6.07) is 0. The van der Waals surface area contributed by atoms with E-state index < -0.39 is 0 Å². The highest BCUT2D eigenvalue weighted by Crippen LogP contribution is 2.30. The smallest absolute Gasteiger partial charge is 0.0412 e. The fraction of sp³-hybridized carbons (Fsp3) is 1.00. The molecule has 0 nitrogen and oxygen atoms in total. The van der Waals surface area contributed by atoms with E-state index in [-0.39, 0.29) is 0 Å². The molecule has 0 saturated carbocycles. The second-order valence-corrected chi connectivity index (χ2v) is 9.66. The van der Waals surface area contributed by atoms with Crippen LogP contribution in [-0.2, 0) is 0 Å². The first kappa shape index (κ1) is 27.0. The molecule has 0 aromatic rings. The van der Waals surface area contributed by atoms with E-state index in [0.29, 0.717) is 0 Å². The molecule has 27 heavy (non-hydrogen) atoms. The highest BCUT2D eigenvalue weighted by atomic mass is 14.2. The maximum Gasteiger partial charge on any atom is -0.0412 e. The van der Waals surface area contributed by atoms with Crippen LogP contribution in [0.1, 0.15) is 157 Å². The zero-order valence-corrected chi connectivity index (χ0v) is 20.2. The first-order valence-corrected chi connectivity index (χ1v) is 13.2. The summed E-state index contributed by atoms with van der Waals surface area (Å²) >= 11 is 0. The van der Waals surface area contributed by atoms with Crippen LogP contribution in [0.2, 0.25) is 0 Å². The Hall–Kier alpha value is 0. The van der Waals surface area contributed by atoms with E-state index in [1.165, 1.54) is 122 Å². The summed E-state index contributed by atoms with van der Waals surface area (Å²) in [5.74, 6) is 2.85. The topological polar surface area (TPSA) is 0 Å². The highest BCUT2D eigenvalue weighted by Gasteiger charge is 2.18. The number of rotatable bonds is 21. The Bertz CT molecular complexity index is 269. The molecule has 0 N–H and O–H groups in total. The fourth-order valence-corrected chi connectivity index (χ4v) is 4.57. The Labute approximate surface area is 174 Å². The van der Waals surface area contributed by atoms with Gasteiger partial charge in [0.1, 0.15) is 0 Å². The van der Waals surface area contributed by atoms with E-state index in [0.717, 1.165) is 17.8 Å². The SMILES string of the molecule is CCCCCCCCCC(CCCCCC)CC(C)C(C)CCCCCC. The van der Waals surface area contributed by atoms with Crippen LogP contribution in [0.25, 0.3) is 0 Å². The van der Waals surface area contributed by atoms with Gasteiger partial charge in [-0.05, 0) is 24.2 Å². The van der Waals surface area contributed by atoms with Crippen molar-refractivity contribution in [1.82, 2.24) is 0 Å². The van der Waals surface area contributed by atoms with Crippen LogP contribution in [0, 0.1) is 17.8 Å². The van der Waals surface area contributed by atoms with Gasteiger partial charge in [0.25, 0.3) is 0 Å². The molecular formula is C27H56. The van der Waals surface area contributed by atoms with Gasteiger partial charge in [0, 0.05) is 0 Å². The van der Waals surface area contributed by atoms with Crippen molar-refractivity contribution in [3.05, 3.63) is 0 Å². The zero-order chi connectivity index (χ0) is 20.2. The van der Waals surface area contributed by atoms with E-state index in [2.05, 4.69) is 34.6 Å². The predicted molar refractivity (Wildman–Crippen MR) is 127 cm³/mol. The van der Waals surface area contributed by atoms with E-state index in [1.54, 1.807) is 0 Å². The second-order valence-electron chi connectivity index (χ2n) is 9.66. The maximum atomic E-state index is 2.55. The Morgan fingerprint density at radius 1 is 0.407 bits per heavy atom. The zero-order valence-electron chi connectivity index (χ0n) is 20.2. The number of hydrogen-bond acceptors (Lipinski definition) is 0. The van der Waals surface area contributed by atoms with E-state index in [1.807, 2.05) is 0 Å². The Kier molecular flexibility index (Phi) is 20.7. The highest BCUT2D eigenvalue weighted by molar-refractivity contribution is 4.69. The molecule has 0 amide bonds. The van der Waals surface area contributed by atoms with E-state index >= 15 is 0 Å². The van der Waals surface area contributed by atoms with Crippen molar-refractivity contribution in [1.29, 1.82) is 0 Å². The largest absolute Gasteiger partial charge is 0.0654 e. The van der Waals surface area contributed by atoms with Crippen LogP contribution in [0.3, 0.4) is 0 Å². The van der Waals surface area contributed by atoms with Crippen molar-refractivity contribution in [2.45, 2.75) is 157 Å². The summed E-state index contributed by atoms with van der Waals surface area (Å²) in [4.78, 5) is 0. The van der Waals surface area contributed by atoms with Crippen LogP contribution in [0.15, 0.2) is 0 Å². The summed E-state index contributed by atoms with van der Waals surface area (Å²) in [5, 5.41) is 0. The van der Waals surface area contributed by atoms with Crippen LogP contribution in [0.5, 0.6) is 0 Å². The molecule has 0 heteroatoms. The molecule has 0 saturated heterocycles. The molecule has 0 rings (SSSR count). The molecule has 0 radical (unpaired) electrons. The summed E-state index contributed by atoms with van der Waals surface area (Å²) in [6.45, 7) is 12.0. The van der Waals surface area contributed by atoms with Crippen molar-refractivity contribution in [3.63, 3.8) is 0 Å². The van der Waals surface area contributed by atoms with Gasteiger partial charge >= 0.3 is 0 Å². The first-order chi connectivity index (χ1) is 13.2. The minimum atomic E-state index is 0.923. The molecule has 0 fully saturated rings. The van der Waals surface area contributed by atoms with Crippen molar-refractivity contribution in [2.24, 2.45) is 17.8 Å². The summed E-state index contributed by atoms with van der Waals surface area (Å²) in [6.07, 6.45) is 27.6. The Morgan fingerprint density at radius 2 is 0.778 bits per heavy atom. The van der Waals surface area contributed by atoms with Crippen molar-refractivity contribution in [3.8, 4) is 0 Å². The standard InChI is InChI=1S/C27H56/c1-6-9-12-15-16-17-20-23-27(22-19-14-11-8-3)24-26(5)25(4)21-18-13-10-7-2/h25-27H,6-24H2,1-5H3. The summed E-state index contributed by atoms with van der Waals surface area (Å²) in [5.41, 5.74) is 0. The molecule has 3 atom stereocenters. The summed E-state index contributed by atoms with van der Waals surface area (Å²) < 4.78 is 0. The molecule has 0 bridgehead atoms. The van der Waals surface area contributed by atoms with Crippen LogP contribution >= 0.6 is 0 Å². The van der Waals surface area contributed by atoms with Gasteiger partial charge in [-0.25, -0.2) is 0 Å². The lowest BCUT2D eigenvalue weighted by molar-refractivity contribution is 0.259. The Morgan fingerprint density at radius 3 is 1.26 bits per heavy atom. The first-order valence-electron chi connectivity index (χ1n) is 13.2. The molecule has 3 unspecified atom stereocenters. The maximum absolute atomic E-state index is 2.55. The van der Waals surface area contributed by atoms with Gasteiger partial charge in [-0.3, -0.25) is 0 Å². The van der Waals surface area contributed by atoms with Crippen LogP contribution in [-0.4, -0.2) is 0 Å². The average molecular weight is 381 g/mol. The van der Waals surface area contributed by atoms with Crippen molar-refractivity contribution >= 4 is 0 Å². The number of hydrogen-bond donors (Lipinski definition) is 0. The van der Waals surface area contributed by atoms with Crippen LogP contribution in [0.4, 0.5) is 0 Å². The lowest BCUT2D eigenvalue weighted by Gasteiger charge is -2.26. The Balaban J connectivity index is 4.11. The fourth-order valence-electron chi connectivity index (χ4n) is 4.57. The van der Waals surface area contributed by atoms with Crippen LogP contribution < -0.4 is 0 Å². The van der Waals surface area contributed by atoms with Crippen molar-refractivity contribution < 1.29 is 0 Å². The minimum absolute atomic E-state index is 0.923. The summed E-state index contributed by atoms with van der Waals surface area (Å²) in [7, 11) is 0. The monoisotopic (exact) mass is 380 g/mol. The van der Waals surface area contributed by atoms with Gasteiger partial charge in [0.05, 0.1) is 0 Å². The molecule has 0 aliphatic heterocycles. The van der Waals surface area contributed by atoms with E-state index in [9.17, 15) is 0 Å². The van der Waals surface area contributed by atoms with Gasteiger partial charge in [0.2, 0.25) is 0 Å². The molecule has 0 heterocycles. The second kappa shape index (κ2) is 20.7. The van der Waals surface area contributed by atoms with Crippen molar-refractivity contribution in [2.75, 3.05) is 0 Å². The lowest BCUT2D eigenvalue weighted by atomic mass is 9.80. The molecule has 0 aromatic heterocycles.